The molecule has 134 valence electrons. The molecule has 2 aromatic carbocycles. The number of carbonyl (C=O) groups excluding carboxylic acids is 2. The van der Waals surface area contributed by atoms with Crippen LogP contribution in [0.25, 0.3) is 5.57 Å². The van der Waals surface area contributed by atoms with Gasteiger partial charge >= 0.3 is 0 Å². The van der Waals surface area contributed by atoms with Crippen LogP contribution in [0, 0.1) is 11.6 Å². The molecule has 27 heavy (non-hydrogen) atoms. The molecule has 1 aliphatic heterocycles. The number of hydrogen-bond donors (Lipinski definition) is 1. The fraction of sp³-hybridized carbons (Fsp3) is 0. The van der Waals surface area contributed by atoms with Crippen molar-refractivity contribution >= 4 is 40.1 Å². The molecule has 1 aromatic heterocycles. The summed E-state index contributed by atoms with van der Waals surface area (Å²) in [6.07, 6.45) is 0. The van der Waals surface area contributed by atoms with E-state index in [0.29, 0.717) is 10.6 Å². The third kappa shape index (κ3) is 3.02. The van der Waals surface area contributed by atoms with Gasteiger partial charge in [-0.05, 0) is 47.8 Å². The molecule has 1 N–H and O–H groups in total. The van der Waals surface area contributed by atoms with Crippen molar-refractivity contribution < 1.29 is 18.4 Å². The second kappa shape index (κ2) is 6.77. The lowest BCUT2D eigenvalue weighted by molar-refractivity contribution is -0.120. The van der Waals surface area contributed by atoms with Crippen LogP contribution >= 0.6 is 11.3 Å². The highest BCUT2D eigenvalue weighted by molar-refractivity contribution is 7.11. The molecular weight excluding hydrogens is 370 g/mol. The zero-order valence-electron chi connectivity index (χ0n) is 13.8. The largest absolute Gasteiger partial charge is 0.350 e. The summed E-state index contributed by atoms with van der Waals surface area (Å²) in [7, 11) is 0. The summed E-state index contributed by atoms with van der Waals surface area (Å²) in [5.74, 6) is -2.38. The number of para-hydroxylation sites is 1. The number of halogens is 2. The standard InChI is InChI=1S/C20H12F2N2O2S/c21-12-7-9-13(10-8-12)23-18-17(16-6-3-11-27-16)19(25)24(20(18)26)15-5-2-1-4-14(15)22/h1-11,23H. The SMILES string of the molecule is O=C1C(Nc2ccc(F)cc2)=C(c2cccs2)C(=O)N1c1ccccc1F. The number of hydrogen-bond acceptors (Lipinski definition) is 4. The predicted molar refractivity (Wildman–Crippen MR) is 100 cm³/mol. The average molecular weight is 382 g/mol. The minimum absolute atomic E-state index is 0.0253. The Hall–Kier alpha value is -3.32. The van der Waals surface area contributed by atoms with E-state index in [1.165, 1.54) is 53.8 Å². The highest BCUT2D eigenvalue weighted by atomic mass is 32.1. The van der Waals surface area contributed by atoms with Crippen molar-refractivity contribution in [3.05, 3.63) is 88.3 Å². The maximum absolute atomic E-state index is 14.2. The molecule has 4 nitrogen and oxygen atoms in total. The summed E-state index contributed by atoms with van der Waals surface area (Å²) in [5.41, 5.74) is 0.509. The summed E-state index contributed by atoms with van der Waals surface area (Å²) >= 11 is 1.29. The van der Waals surface area contributed by atoms with Crippen LogP contribution in [0.15, 0.2) is 71.7 Å². The van der Waals surface area contributed by atoms with Gasteiger partial charge in [0.2, 0.25) is 0 Å². The van der Waals surface area contributed by atoms with E-state index in [0.717, 1.165) is 4.90 Å². The Morgan fingerprint density at radius 3 is 2.26 bits per heavy atom. The zero-order valence-corrected chi connectivity index (χ0v) is 14.6. The van der Waals surface area contributed by atoms with Crippen molar-refractivity contribution in [2.24, 2.45) is 0 Å². The number of carbonyl (C=O) groups is 2. The van der Waals surface area contributed by atoms with E-state index in [2.05, 4.69) is 5.32 Å². The van der Waals surface area contributed by atoms with E-state index < -0.39 is 23.4 Å². The van der Waals surface area contributed by atoms with Crippen molar-refractivity contribution in [1.82, 2.24) is 0 Å². The quantitative estimate of drug-likeness (QED) is 0.680. The Labute approximate surface area is 157 Å². The van der Waals surface area contributed by atoms with E-state index in [1.54, 1.807) is 23.6 Å². The Morgan fingerprint density at radius 2 is 1.59 bits per heavy atom. The minimum Gasteiger partial charge on any atom is -0.350 e. The van der Waals surface area contributed by atoms with Gasteiger partial charge in [0.15, 0.2) is 0 Å². The van der Waals surface area contributed by atoms with Gasteiger partial charge in [-0.1, -0.05) is 18.2 Å². The van der Waals surface area contributed by atoms with E-state index in [4.69, 9.17) is 0 Å². The first-order valence-electron chi connectivity index (χ1n) is 8.00. The molecule has 0 saturated carbocycles. The number of rotatable bonds is 4. The Kier molecular flexibility index (Phi) is 4.29. The molecule has 0 fully saturated rings. The van der Waals surface area contributed by atoms with Gasteiger partial charge in [0.05, 0.1) is 11.3 Å². The van der Waals surface area contributed by atoms with Crippen LogP contribution in [0.2, 0.25) is 0 Å². The molecule has 0 spiro atoms. The van der Waals surface area contributed by atoms with Gasteiger partial charge in [0.1, 0.15) is 17.3 Å². The minimum atomic E-state index is -0.673. The van der Waals surface area contributed by atoms with E-state index in [1.807, 2.05) is 0 Å². The first-order valence-corrected chi connectivity index (χ1v) is 8.88. The summed E-state index contributed by atoms with van der Waals surface area (Å²) in [4.78, 5) is 27.4. The van der Waals surface area contributed by atoms with Crippen molar-refractivity contribution in [2.45, 2.75) is 0 Å². The van der Waals surface area contributed by atoms with Crippen LogP contribution in [0.4, 0.5) is 20.2 Å². The third-order valence-corrected chi connectivity index (χ3v) is 4.95. The molecule has 0 bridgehead atoms. The average Bonchev–Trinajstić information content (AvgIpc) is 3.25. The summed E-state index contributed by atoms with van der Waals surface area (Å²) in [6.45, 7) is 0. The van der Waals surface area contributed by atoms with Crippen LogP contribution in [0.1, 0.15) is 4.88 Å². The normalized spacial score (nSPS) is 14.2. The lowest BCUT2D eigenvalue weighted by Gasteiger charge is -2.16. The second-order valence-corrected chi connectivity index (χ2v) is 6.70. The van der Waals surface area contributed by atoms with Crippen LogP contribution in [0.5, 0.6) is 0 Å². The van der Waals surface area contributed by atoms with E-state index in [9.17, 15) is 18.4 Å². The Bertz CT molecular complexity index is 1060. The molecule has 3 aromatic rings. The first-order chi connectivity index (χ1) is 13.1. The molecular formula is C20H12F2N2O2S. The number of imide groups is 1. The lowest BCUT2D eigenvalue weighted by Crippen LogP contribution is -2.33. The maximum atomic E-state index is 14.2. The molecule has 7 heteroatoms. The smallest absolute Gasteiger partial charge is 0.282 e. The lowest BCUT2D eigenvalue weighted by atomic mass is 10.2. The van der Waals surface area contributed by atoms with Gasteiger partial charge in [-0.25, -0.2) is 13.7 Å². The topological polar surface area (TPSA) is 49.4 Å². The third-order valence-electron chi connectivity index (χ3n) is 4.06. The maximum Gasteiger partial charge on any atom is 0.282 e. The van der Waals surface area contributed by atoms with Crippen LogP contribution in [-0.4, -0.2) is 11.8 Å². The van der Waals surface area contributed by atoms with Gasteiger partial charge in [-0.2, -0.15) is 0 Å². The molecule has 0 saturated heterocycles. The fourth-order valence-corrected chi connectivity index (χ4v) is 3.59. The molecule has 2 amide bonds. The van der Waals surface area contributed by atoms with Gasteiger partial charge < -0.3 is 5.32 Å². The monoisotopic (exact) mass is 382 g/mol. The van der Waals surface area contributed by atoms with Gasteiger partial charge in [0, 0.05) is 10.6 Å². The fourth-order valence-electron chi connectivity index (χ4n) is 2.82. The summed E-state index contributed by atoms with van der Waals surface area (Å²) in [5, 5.41) is 4.67. The molecule has 0 unspecified atom stereocenters. The van der Waals surface area contributed by atoms with Crippen molar-refractivity contribution in [1.29, 1.82) is 0 Å². The first kappa shape index (κ1) is 17.1. The number of anilines is 2. The number of thiophene rings is 1. The Balaban J connectivity index is 1.81. The van der Waals surface area contributed by atoms with Crippen molar-refractivity contribution in [2.75, 3.05) is 10.2 Å². The molecule has 1 aliphatic rings. The number of benzene rings is 2. The summed E-state index contributed by atoms with van der Waals surface area (Å²) < 4.78 is 27.4. The highest BCUT2D eigenvalue weighted by Crippen LogP contribution is 2.36. The van der Waals surface area contributed by atoms with Gasteiger partial charge in [-0.3, -0.25) is 9.59 Å². The van der Waals surface area contributed by atoms with E-state index in [-0.39, 0.29) is 17.0 Å². The molecule has 4 rings (SSSR count). The molecule has 0 aliphatic carbocycles. The molecule has 0 atom stereocenters. The summed E-state index contributed by atoms with van der Waals surface area (Å²) in [6, 6.07) is 14.5. The highest BCUT2D eigenvalue weighted by Gasteiger charge is 2.41. The molecule has 2 heterocycles. The number of nitrogens with zero attached hydrogens (tertiary/aromatic N) is 1. The predicted octanol–water partition coefficient (Wildman–Crippen LogP) is 4.42. The van der Waals surface area contributed by atoms with Crippen molar-refractivity contribution in [3.63, 3.8) is 0 Å². The van der Waals surface area contributed by atoms with Crippen LogP contribution in [0.3, 0.4) is 0 Å². The zero-order chi connectivity index (χ0) is 19.0. The van der Waals surface area contributed by atoms with Gasteiger partial charge in [-0.15, -0.1) is 11.3 Å². The Morgan fingerprint density at radius 1 is 0.852 bits per heavy atom. The van der Waals surface area contributed by atoms with Crippen molar-refractivity contribution in [3.8, 4) is 0 Å². The van der Waals surface area contributed by atoms with Gasteiger partial charge in [0.25, 0.3) is 11.8 Å². The van der Waals surface area contributed by atoms with Crippen LogP contribution < -0.4 is 10.2 Å². The van der Waals surface area contributed by atoms with E-state index >= 15 is 0 Å². The molecule has 0 radical (unpaired) electrons. The second-order valence-electron chi connectivity index (χ2n) is 5.76. The van der Waals surface area contributed by atoms with Crippen LogP contribution in [-0.2, 0) is 9.59 Å². The number of nitrogens with one attached hydrogen (secondary N) is 1. The number of amides is 2.